The molecule has 0 aliphatic carbocycles. The first kappa shape index (κ1) is 63.1. The van der Waals surface area contributed by atoms with E-state index in [2.05, 4.69) is 0 Å². The molecule has 0 aliphatic heterocycles. The molecule has 0 amide bonds. The smallest absolute Gasteiger partial charge is 0.855 e. The van der Waals surface area contributed by atoms with Crippen LogP contribution in [0.15, 0.2) is 0 Å². The van der Waals surface area contributed by atoms with Crippen LogP contribution in [0, 0.1) is 0 Å². The fourth-order valence-corrected chi connectivity index (χ4v) is 0. The maximum atomic E-state index is 8.93. The molecule has 0 unspecified atom stereocenters. The van der Waals surface area contributed by atoms with Crippen molar-refractivity contribution in [3.8, 4) is 0 Å². The van der Waals surface area contributed by atoms with Gasteiger partial charge >= 0.3 is 51.7 Å². The Morgan fingerprint density at radius 2 is 0.269 bits per heavy atom. The van der Waals surface area contributed by atoms with E-state index in [-0.39, 0.29) is 105 Å². The van der Waals surface area contributed by atoms with Crippen molar-refractivity contribution in [2.24, 2.45) is 0 Å². The summed E-state index contributed by atoms with van der Waals surface area (Å²) in [6, 6.07) is 0. The second-order valence-electron chi connectivity index (χ2n) is 2.31. The van der Waals surface area contributed by atoms with Crippen LogP contribution in [0.5, 0.6) is 0 Å². The van der Waals surface area contributed by atoms with Gasteiger partial charge in [0.25, 0.3) is 0 Å². The summed E-state index contributed by atoms with van der Waals surface area (Å²) in [5.41, 5.74) is 0. The van der Waals surface area contributed by atoms with Crippen LogP contribution in [-0.4, -0.2) is 52.9 Å². The third-order valence-corrected chi connectivity index (χ3v) is 0. The Hall–Kier alpha value is 1.42. The Labute approximate surface area is 199 Å². The number of hydrogen-bond acceptors (Lipinski definition) is 8. The molecule has 0 bridgehead atoms. The van der Waals surface area contributed by atoms with Gasteiger partial charge in [0.05, 0.1) is 0 Å². The standard InChI is InChI=1S/8C2H5O.2Hf/c8*1-2-3;;/h8*2H2,1H3;;/q8*-1;2*+4. The van der Waals surface area contributed by atoms with Crippen LogP contribution >= 0.6 is 0 Å². The van der Waals surface area contributed by atoms with Crippen molar-refractivity contribution in [1.29, 1.82) is 0 Å². The minimum absolute atomic E-state index is 0. The molecule has 8 nitrogen and oxygen atoms in total. The van der Waals surface area contributed by atoms with E-state index in [9.17, 15) is 0 Å². The average Bonchev–Trinajstić information content (AvgIpc) is 2.45. The quantitative estimate of drug-likeness (QED) is 0.223. The van der Waals surface area contributed by atoms with Crippen LogP contribution in [0.25, 0.3) is 0 Å². The van der Waals surface area contributed by atoms with E-state index in [1.165, 1.54) is 0 Å². The fourth-order valence-electron chi connectivity index (χ4n) is 0. The first-order chi connectivity index (χ1) is 11.3. The van der Waals surface area contributed by atoms with Crippen LogP contribution in [0.4, 0.5) is 0 Å². The molecular formula is C16H40Hf2O8. The second-order valence-corrected chi connectivity index (χ2v) is 2.31. The normalized spacial score (nSPS) is 5.54. The fraction of sp³-hybridized carbons (Fsp3) is 1.00. The van der Waals surface area contributed by atoms with Gasteiger partial charge in [0.2, 0.25) is 0 Å². The van der Waals surface area contributed by atoms with E-state index in [0.717, 1.165) is 0 Å². The monoisotopic (exact) mass is 720 g/mol. The molecule has 0 spiro atoms. The molecule has 0 atom stereocenters. The van der Waals surface area contributed by atoms with Crippen LogP contribution < -0.4 is 40.9 Å². The Morgan fingerprint density at radius 1 is 0.269 bits per heavy atom. The summed E-state index contributed by atoms with van der Waals surface area (Å²) in [6.45, 7) is 12.6. The van der Waals surface area contributed by atoms with Crippen molar-refractivity contribution in [3.63, 3.8) is 0 Å². The first-order valence-electron chi connectivity index (χ1n) is 7.97. The zero-order valence-corrected chi connectivity index (χ0v) is 25.1. The van der Waals surface area contributed by atoms with Crippen molar-refractivity contribution >= 4 is 0 Å². The van der Waals surface area contributed by atoms with Gasteiger partial charge in [-0.15, -0.1) is 52.9 Å². The summed E-state index contributed by atoms with van der Waals surface area (Å²) in [5, 5.41) is 71.4. The molecule has 26 heavy (non-hydrogen) atoms. The van der Waals surface area contributed by atoms with Crippen molar-refractivity contribution in [1.82, 2.24) is 0 Å². The first-order valence-corrected chi connectivity index (χ1v) is 7.97. The van der Waals surface area contributed by atoms with E-state index < -0.39 is 0 Å². The molecule has 0 aromatic heterocycles. The van der Waals surface area contributed by atoms with Gasteiger partial charge < -0.3 is 40.9 Å². The zero-order chi connectivity index (χ0) is 21.7. The number of rotatable bonds is 0. The third-order valence-electron chi connectivity index (χ3n) is 0. The van der Waals surface area contributed by atoms with Crippen molar-refractivity contribution < 1.29 is 92.5 Å². The van der Waals surface area contributed by atoms with E-state index >= 15 is 0 Å². The predicted octanol–water partition coefficient (Wildman–Crippen LogP) is -5.07. The minimum atomic E-state index is 0. The molecule has 160 valence electrons. The van der Waals surface area contributed by atoms with E-state index in [4.69, 9.17) is 40.9 Å². The summed E-state index contributed by atoms with van der Waals surface area (Å²) < 4.78 is 0. The molecule has 0 radical (unpaired) electrons. The van der Waals surface area contributed by atoms with Gasteiger partial charge in [0.1, 0.15) is 0 Å². The van der Waals surface area contributed by atoms with Gasteiger partial charge in [0.15, 0.2) is 0 Å². The van der Waals surface area contributed by atoms with Gasteiger partial charge in [-0.2, -0.15) is 0 Å². The maximum Gasteiger partial charge on any atom is 4.00 e. The minimum Gasteiger partial charge on any atom is -0.855 e. The second kappa shape index (κ2) is 192. The summed E-state index contributed by atoms with van der Waals surface area (Å²) in [7, 11) is 0. The topological polar surface area (TPSA) is 184 Å². The van der Waals surface area contributed by atoms with E-state index in [1.807, 2.05) is 0 Å². The molecule has 10 heteroatoms. The van der Waals surface area contributed by atoms with Crippen molar-refractivity contribution in [3.05, 3.63) is 0 Å². The molecule has 0 aliphatic rings. The molecule has 0 heterocycles. The largest absolute Gasteiger partial charge is 4.00 e. The van der Waals surface area contributed by atoms with Gasteiger partial charge in [0, 0.05) is 0 Å². The van der Waals surface area contributed by atoms with Crippen molar-refractivity contribution in [2.45, 2.75) is 55.4 Å². The molecule has 0 saturated heterocycles. The van der Waals surface area contributed by atoms with Crippen LogP contribution in [-0.2, 0) is 51.7 Å². The SMILES string of the molecule is CC[O-].CC[O-].CC[O-].CC[O-].CC[O-].CC[O-].CC[O-].CC[O-].[Hf+4].[Hf+4]. The van der Waals surface area contributed by atoms with Gasteiger partial charge in [-0.3, -0.25) is 0 Å². The molecule has 0 aromatic rings. The van der Waals surface area contributed by atoms with Gasteiger partial charge in [-0.25, -0.2) is 0 Å². The maximum absolute atomic E-state index is 8.93. The molecule has 0 rings (SSSR count). The Morgan fingerprint density at radius 3 is 0.269 bits per heavy atom. The van der Waals surface area contributed by atoms with E-state index in [0.29, 0.717) is 0 Å². The zero-order valence-electron chi connectivity index (χ0n) is 17.9. The summed E-state index contributed by atoms with van der Waals surface area (Å²) in [4.78, 5) is 0. The summed E-state index contributed by atoms with van der Waals surface area (Å²) in [6.07, 6.45) is 0. The van der Waals surface area contributed by atoms with Crippen LogP contribution in [0.1, 0.15) is 55.4 Å². The van der Waals surface area contributed by atoms with Crippen LogP contribution in [0.3, 0.4) is 0 Å². The number of hydrogen-bond donors (Lipinski definition) is 0. The van der Waals surface area contributed by atoms with Gasteiger partial charge in [-0.05, 0) is 0 Å². The molecule has 0 aromatic carbocycles. The molecular weight excluding hydrogens is 677 g/mol. The van der Waals surface area contributed by atoms with Crippen molar-refractivity contribution in [2.75, 3.05) is 52.9 Å². The molecule has 0 fully saturated rings. The third kappa shape index (κ3) is 7520. The Bertz CT molecular complexity index is 56.2. The average molecular weight is 717 g/mol. The Kier molecular flexibility index (Phi) is 467. The van der Waals surface area contributed by atoms with Crippen LogP contribution in [0.2, 0.25) is 0 Å². The summed E-state index contributed by atoms with van der Waals surface area (Å²) in [5.74, 6) is 0. The molecule has 0 saturated carbocycles. The Balaban J connectivity index is -0.0000000139. The predicted molar refractivity (Wildman–Crippen MR) is 84.3 cm³/mol. The van der Waals surface area contributed by atoms with E-state index in [1.54, 1.807) is 55.4 Å². The van der Waals surface area contributed by atoms with Gasteiger partial charge in [-0.1, -0.05) is 55.4 Å². The molecule has 0 N–H and O–H groups in total. The summed E-state index contributed by atoms with van der Waals surface area (Å²) >= 11 is 0.